The minimum absolute atomic E-state index is 0. The van der Waals surface area contributed by atoms with E-state index in [1.54, 1.807) is 36.4 Å². The van der Waals surface area contributed by atoms with Gasteiger partial charge in [0.05, 0.1) is 33.0 Å². The number of carbonyl (C=O) groups excluding carboxylic acids is 1. The van der Waals surface area contributed by atoms with Crippen molar-refractivity contribution in [1.82, 2.24) is 15.0 Å². The number of para-hydroxylation sites is 1. The molecular formula is C27H22Cl3N5O3. The number of aliphatic hydroxyl groups is 1. The number of aliphatic hydroxyl groups excluding tert-OH is 1. The maximum atomic E-state index is 12.8. The molecule has 8 nitrogen and oxygen atoms in total. The second-order valence-corrected chi connectivity index (χ2v) is 9.09. The Morgan fingerprint density at radius 3 is 2.53 bits per heavy atom. The monoisotopic (exact) mass is 569 g/mol. The predicted molar refractivity (Wildman–Crippen MR) is 154 cm³/mol. The molecular weight excluding hydrogens is 549 g/mol. The summed E-state index contributed by atoms with van der Waals surface area (Å²) < 4.78 is 0. The Bertz CT molecular complexity index is 1650. The molecule has 0 radical (unpaired) electrons. The highest BCUT2D eigenvalue weighted by Crippen LogP contribution is 2.29. The molecule has 0 aliphatic heterocycles. The highest BCUT2D eigenvalue weighted by atomic mass is 35.5. The summed E-state index contributed by atoms with van der Waals surface area (Å²) in [6, 6.07) is 20.8. The number of hydrogen-bond donors (Lipinski definition) is 5. The molecule has 0 saturated heterocycles. The van der Waals surface area contributed by atoms with Gasteiger partial charge in [0.1, 0.15) is 16.9 Å². The van der Waals surface area contributed by atoms with Crippen LogP contribution in [0, 0.1) is 0 Å². The maximum absolute atomic E-state index is 12.8. The molecule has 0 aliphatic rings. The van der Waals surface area contributed by atoms with Gasteiger partial charge >= 0.3 is 0 Å². The molecule has 0 bridgehead atoms. The first-order chi connectivity index (χ1) is 17.9. The van der Waals surface area contributed by atoms with E-state index >= 15 is 0 Å². The fourth-order valence-corrected chi connectivity index (χ4v) is 4.24. The van der Waals surface area contributed by atoms with Crippen LogP contribution in [0.5, 0.6) is 0 Å². The van der Waals surface area contributed by atoms with E-state index in [0.29, 0.717) is 38.8 Å². The first-order valence-electron chi connectivity index (χ1n) is 11.3. The van der Waals surface area contributed by atoms with Crippen molar-refractivity contribution in [3.63, 3.8) is 0 Å². The van der Waals surface area contributed by atoms with Gasteiger partial charge in [-0.25, -0.2) is 4.98 Å². The molecule has 0 fully saturated rings. The topological polar surface area (TPSA) is 123 Å². The third kappa shape index (κ3) is 5.69. The summed E-state index contributed by atoms with van der Waals surface area (Å²) in [5.74, 6) is -0.0739. The van der Waals surface area contributed by atoms with Crippen molar-refractivity contribution < 1.29 is 9.90 Å². The molecule has 194 valence electrons. The number of carbonyl (C=O) groups is 1. The summed E-state index contributed by atoms with van der Waals surface area (Å²) >= 11 is 12.0. The third-order valence-electron chi connectivity index (χ3n) is 5.81. The van der Waals surface area contributed by atoms with Crippen LogP contribution >= 0.6 is 35.6 Å². The molecule has 5 aromatic rings. The average molecular weight is 571 g/mol. The fraction of sp³-hybridized carbons (Fsp3) is 0.0741. The molecule has 1 amide bonds. The largest absolute Gasteiger partial charge is 0.387 e. The van der Waals surface area contributed by atoms with Crippen molar-refractivity contribution in [2.75, 3.05) is 17.2 Å². The van der Waals surface area contributed by atoms with Gasteiger partial charge in [-0.3, -0.25) is 9.59 Å². The molecule has 3 aromatic carbocycles. The zero-order valence-electron chi connectivity index (χ0n) is 19.7. The summed E-state index contributed by atoms with van der Waals surface area (Å²) in [6.07, 6.45) is 0.751. The maximum Gasteiger partial charge on any atom is 0.261 e. The smallest absolute Gasteiger partial charge is 0.261 e. The molecule has 2 heterocycles. The number of halogens is 3. The van der Waals surface area contributed by atoms with Crippen molar-refractivity contribution in [3.05, 3.63) is 111 Å². The minimum Gasteiger partial charge on any atom is -0.387 e. The molecule has 5 N–H and O–H groups in total. The molecule has 0 spiro atoms. The minimum atomic E-state index is -0.771. The summed E-state index contributed by atoms with van der Waals surface area (Å²) in [5.41, 5.74) is 3.07. The highest BCUT2D eigenvalue weighted by Gasteiger charge is 2.18. The lowest BCUT2D eigenvalue weighted by Gasteiger charge is -2.14. The van der Waals surface area contributed by atoms with Crippen molar-refractivity contribution >= 4 is 63.9 Å². The van der Waals surface area contributed by atoms with Crippen molar-refractivity contribution in [2.45, 2.75) is 6.10 Å². The molecule has 2 aromatic heterocycles. The van der Waals surface area contributed by atoms with Crippen LogP contribution in [-0.4, -0.2) is 32.5 Å². The Morgan fingerprint density at radius 2 is 1.76 bits per heavy atom. The standard InChI is InChI=1S/C27H21Cl2N5O3.ClH/c28-17-10-9-16(13-18(17)29)26(36)33-21-8-4-7-20-24(21)34-25(32-20)23-19(11-12-30-27(23)37)31-14-22(35)15-5-2-1-3-6-15;/h1-13,22,35H,14H2,(H,32,34)(H,33,36)(H2,30,31,37);1H/t22-;/m1./s1. The number of pyridine rings is 1. The fourth-order valence-electron chi connectivity index (χ4n) is 3.94. The van der Waals surface area contributed by atoms with Crippen LogP contribution in [-0.2, 0) is 0 Å². The molecule has 1 atom stereocenters. The van der Waals surface area contributed by atoms with Gasteiger partial charge in [-0.1, -0.05) is 59.6 Å². The third-order valence-corrected chi connectivity index (χ3v) is 6.55. The van der Waals surface area contributed by atoms with Gasteiger partial charge < -0.3 is 25.7 Å². The van der Waals surface area contributed by atoms with E-state index < -0.39 is 6.10 Å². The zero-order valence-corrected chi connectivity index (χ0v) is 22.0. The number of nitrogens with one attached hydrogen (secondary N) is 4. The first kappa shape index (κ1) is 27.2. The number of rotatable bonds is 7. The van der Waals surface area contributed by atoms with Gasteiger partial charge in [0.15, 0.2) is 0 Å². The van der Waals surface area contributed by atoms with Crippen molar-refractivity contribution in [3.8, 4) is 11.4 Å². The number of imidazole rings is 1. The van der Waals surface area contributed by atoms with E-state index in [9.17, 15) is 14.7 Å². The van der Waals surface area contributed by atoms with Crippen LogP contribution in [0.3, 0.4) is 0 Å². The number of aromatic amines is 2. The molecule has 5 rings (SSSR count). The van der Waals surface area contributed by atoms with Gasteiger partial charge in [0, 0.05) is 18.3 Å². The lowest BCUT2D eigenvalue weighted by molar-refractivity contribution is 0.102. The Balaban J connectivity index is 0.00000336. The van der Waals surface area contributed by atoms with E-state index in [1.165, 1.54) is 12.3 Å². The number of anilines is 2. The van der Waals surface area contributed by atoms with Gasteiger partial charge in [-0.2, -0.15) is 0 Å². The summed E-state index contributed by atoms with van der Waals surface area (Å²) in [7, 11) is 0. The van der Waals surface area contributed by atoms with Crippen LogP contribution in [0.1, 0.15) is 22.0 Å². The normalized spacial score (nSPS) is 11.6. The number of aromatic nitrogens is 3. The SMILES string of the molecule is Cl.O=C(Nc1cccc2[nH]c(-c3c(NC[C@@H](O)c4ccccc4)cc[nH]c3=O)nc12)c1ccc(Cl)c(Cl)c1. The highest BCUT2D eigenvalue weighted by molar-refractivity contribution is 6.42. The van der Waals surface area contributed by atoms with E-state index in [4.69, 9.17) is 23.2 Å². The van der Waals surface area contributed by atoms with Crippen molar-refractivity contribution in [1.29, 1.82) is 0 Å². The quantitative estimate of drug-likeness (QED) is 0.163. The molecule has 0 unspecified atom stereocenters. The summed E-state index contributed by atoms with van der Waals surface area (Å²) in [4.78, 5) is 36.1. The number of fused-ring (bicyclic) bond motifs is 1. The van der Waals surface area contributed by atoms with Crippen LogP contribution in [0.4, 0.5) is 11.4 Å². The van der Waals surface area contributed by atoms with Crippen LogP contribution in [0.15, 0.2) is 83.8 Å². The average Bonchev–Trinajstić information content (AvgIpc) is 3.34. The summed E-state index contributed by atoms with van der Waals surface area (Å²) in [6.45, 7) is 0.186. The number of amides is 1. The lowest BCUT2D eigenvalue weighted by atomic mass is 10.1. The Hall–Kier alpha value is -3.82. The number of benzene rings is 3. The van der Waals surface area contributed by atoms with E-state index in [0.717, 1.165) is 5.56 Å². The van der Waals surface area contributed by atoms with Crippen LogP contribution < -0.4 is 16.2 Å². The van der Waals surface area contributed by atoms with E-state index in [1.807, 2.05) is 30.3 Å². The Labute approximate surface area is 233 Å². The molecule has 11 heteroatoms. The van der Waals surface area contributed by atoms with Crippen molar-refractivity contribution in [2.24, 2.45) is 0 Å². The van der Waals surface area contributed by atoms with Crippen LogP contribution in [0.2, 0.25) is 10.0 Å². The predicted octanol–water partition coefficient (Wildman–Crippen LogP) is 6.04. The van der Waals surface area contributed by atoms with Crippen LogP contribution in [0.25, 0.3) is 22.4 Å². The van der Waals surface area contributed by atoms with E-state index in [-0.39, 0.29) is 41.0 Å². The summed E-state index contributed by atoms with van der Waals surface area (Å²) in [5, 5.41) is 17.2. The van der Waals surface area contributed by atoms with Gasteiger partial charge in [0.2, 0.25) is 0 Å². The number of hydrogen-bond acceptors (Lipinski definition) is 5. The van der Waals surface area contributed by atoms with Gasteiger partial charge in [-0.15, -0.1) is 12.4 Å². The second kappa shape index (κ2) is 11.7. The second-order valence-electron chi connectivity index (χ2n) is 8.27. The van der Waals surface area contributed by atoms with Gasteiger partial charge in [0.25, 0.3) is 11.5 Å². The van der Waals surface area contributed by atoms with Gasteiger partial charge in [-0.05, 0) is 42.0 Å². The molecule has 38 heavy (non-hydrogen) atoms. The Kier molecular flexibility index (Phi) is 8.38. The molecule has 0 saturated carbocycles. The zero-order chi connectivity index (χ0) is 25.9. The Morgan fingerprint density at radius 1 is 0.974 bits per heavy atom. The van der Waals surface area contributed by atoms with E-state index in [2.05, 4.69) is 25.6 Å². The lowest BCUT2D eigenvalue weighted by Crippen LogP contribution is -2.17. The first-order valence-corrected chi connectivity index (χ1v) is 12.1. The number of H-pyrrole nitrogens is 2. The molecule has 0 aliphatic carbocycles. The number of nitrogens with zero attached hydrogens (tertiary/aromatic N) is 1.